The largest absolute Gasteiger partial charge is 0.495 e. The van der Waals surface area contributed by atoms with Gasteiger partial charge in [0.2, 0.25) is 0 Å². The minimum atomic E-state index is -0.272. The number of aryl methyl sites for hydroxylation is 2. The second kappa shape index (κ2) is 9.21. The first kappa shape index (κ1) is 20.4. The summed E-state index contributed by atoms with van der Waals surface area (Å²) >= 11 is 7.87. The molecule has 0 bridgehead atoms. The van der Waals surface area contributed by atoms with Gasteiger partial charge in [0.05, 0.1) is 31.0 Å². The minimum Gasteiger partial charge on any atom is -0.495 e. The number of halogens is 1. The summed E-state index contributed by atoms with van der Waals surface area (Å²) in [6.07, 6.45) is 1.62. The van der Waals surface area contributed by atoms with Gasteiger partial charge in [0.15, 0.2) is 0 Å². The van der Waals surface area contributed by atoms with Gasteiger partial charge < -0.3 is 14.8 Å². The molecule has 1 aromatic carbocycles. The SMILES string of the molecule is CCc1cc2c(NCc3ccc(OC)c(Cl)c3)nc(CCC(=O)OC)nc2s1. The molecule has 28 heavy (non-hydrogen) atoms. The Hall–Kier alpha value is -2.38. The molecule has 0 radical (unpaired) electrons. The minimum absolute atomic E-state index is 0.252. The van der Waals surface area contributed by atoms with E-state index in [1.807, 2.05) is 18.2 Å². The molecule has 0 atom stereocenters. The van der Waals surface area contributed by atoms with Gasteiger partial charge in [-0.25, -0.2) is 9.97 Å². The molecule has 6 nitrogen and oxygen atoms in total. The molecule has 1 N–H and O–H groups in total. The number of carbonyl (C=O) groups is 1. The zero-order valence-corrected chi connectivity index (χ0v) is 17.6. The number of rotatable bonds is 8. The van der Waals surface area contributed by atoms with Crippen molar-refractivity contribution in [3.05, 3.63) is 45.6 Å². The summed E-state index contributed by atoms with van der Waals surface area (Å²) in [6, 6.07) is 7.79. The first-order valence-electron chi connectivity index (χ1n) is 8.96. The fraction of sp³-hybridized carbons (Fsp3) is 0.350. The number of hydrogen-bond acceptors (Lipinski definition) is 7. The van der Waals surface area contributed by atoms with Crippen LogP contribution in [-0.4, -0.2) is 30.2 Å². The van der Waals surface area contributed by atoms with Crippen molar-refractivity contribution >= 4 is 44.9 Å². The third kappa shape index (κ3) is 4.72. The maximum Gasteiger partial charge on any atom is 0.305 e. The van der Waals surface area contributed by atoms with E-state index < -0.39 is 0 Å². The molecular formula is C20H22ClN3O3S. The molecule has 2 heterocycles. The quantitative estimate of drug-likeness (QED) is 0.536. The van der Waals surface area contributed by atoms with Gasteiger partial charge in [-0.15, -0.1) is 11.3 Å². The van der Waals surface area contributed by atoms with Crippen LogP contribution in [-0.2, 0) is 28.9 Å². The van der Waals surface area contributed by atoms with Crippen LogP contribution >= 0.6 is 22.9 Å². The van der Waals surface area contributed by atoms with Gasteiger partial charge >= 0.3 is 5.97 Å². The normalized spacial score (nSPS) is 10.9. The second-order valence-electron chi connectivity index (χ2n) is 6.17. The van der Waals surface area contributed by atoms with Gasteiger partial charge in [-0.1, -0.05) is 24.6 Å². The maximum absolute atomic E-state index is 11.5. The second-order valence-corrected chi connectivity index (χ2v) is 7.69. The summed E-state index contributed by atoms with van der Waals surface area (Å²) in [6.45, 7) is 2.67. The Bertz CT molecular complexity index is 990. The van der Waals surface area contributed by atoms with E-state index in [-0.39, 0.29) is 12.4 Å². The average molecular weight is 420 g/mol. The molecule has 0 spiro atoms. The summed E-state index contributed by atoms with van der Waals surface area (Å²) in [4.78, 5) is 22.9. The smallest absolute Gasteiger partial charge is 0.305 e. The lowest BCUT2D eigenvalue weighted by molar-refractivity contribution is -0.140. The van der Waals surface area contributed by atoms with Crippen LogP contribution in [0, 0.1) is 0 Å². The molecule has 0 fully saturated rings. The molecule has 0 saturated carbocycles. The van der Waals surface area contributed by atoms with Gasteiger partial charge in [0.25, 0.3) is 0 Å². The summed E-state index contributed by atoms with van der Waals surface area (Å²) in [5.41, 5.74) is 1.01. The molecule has 2 aromatic heterocycles. The highest BCUT2D eigenvalue weighted by Gasteiger charge is 2.13. The fourth-order valence-corrected chi connectivity index (χ4v) is 4.02. The number of hydrogen-bond donors (Lipinski definition) is 1. The lowest BCUT2D eigenvalue weighted by atomic mass is 10.2. The number of esters is 1. The van der Waals surface area contributed by atoms with Crippen molar-refractivity contribution < 1.29 is 14.3 Å². The molecule has 148 valence electrons. The third-order valence-corrected chi connectivity index (χ3v) is 5.76. The van der Waals surface area contributed by atoms with Crippen molar-refractivity contribution in [3.63, 3.8) is 0 Å². The lowest BCUT2D eigenvalue weighted by Gasteiger charge is -2.10. The Morgan fingerprint density at radius 3 is 2.75 bits per heavy atom. The average Bonchev–Trinajstić information content (AvgIpc) is 3.13. The summed E-state index contributed by atoms with van der Waals surface area (Å²) in [7, 11) is 2.97. The molecule has 3 rings (SSSR count). The summed E-state index contributed by atoms with van der Waals surface area (Å²) in [5, 5.41) is 4.94. The summed E-state index contributed by atoms with van der Waals surface area (Å²) in [5.74, 6) is 1.75. The predicted molar refractivity (Wildman–Crippen MR) is 112 cm³/mol. The van der Waals surface area contributed by atoms with Gasteiger partial charge in [0, 0.05) is 17.8 Å². The van der Waals surface area contributed by atoms with Gasteiger partial charge in [0.1, 0.15) is 22.2 Å². The van der Waals surface area contributed by atoms with E-state index in [2.05, 4.69) is 28.3 Å². The number of carbonyl (C=O) groups excluding carboxylic acids is 1. The monoisotopic (exact) mass is 419 g/mol. The van der Waals surface area contributed by atoms with Crippen LogP contribution in [0.15, 0.2) is 24.3 Å². The first-order chi connectivity index (χ1) is 13.5. The van der Waals surface area contributed by atoms with Crippen LogP contribution in [0.3, 0.4) is 0 Å². The van der Waals surface area contributed by atoms with Crippen LogP contribution in [0.1, 0.15) is 29.6 Å². The Balaban J connectivity index is 1.85. The molecule has 0 aliphatic rings. The number of benzene rings is 1. The Kier molecular flexibility index (Phi) is 6.70. The highest BCUT2D eigenvalue weighted by Crippen LogP contribution is 2.30. The van der Waals surface area contributed by atoms with Crippen LogP contribution in [0.25, 0.3) is 10.2 Å². The number of fused-ring (bicyclic) bond motifs is 1. The zero-order chi connectivity index (χ0) is 20.1. The molecule has 0 saturated heterocycles. The molecule has 0 aliphatic carbocycles. The van der Waals surface area contributed by atoms with Crippen molar-refractivity contribution in [2.75, 3.05) is 19.5 Å². The van der Waals surface area contributed by atoms with Crippen LogP contribution in [0.4, 0.5) is 5.82 Å². The van der Waals surface area contributed by atoms with Crippen molar-refractivity contribution in [3.8, 4) is 5.75 Å². The Morgan fingerprint density at radius 1 is 1.25 bits per heavy atom. The van der Waals surface area contributed by atoms with E-state index in [9.17, 15) is 4.79 Å². The molecular weight excluding hydrogens is 398 g/mol. The molecule has 0 unspecified atom stereocenters. The van der Waals surface area contributed by atoms with Crippen molar-refractivity contribution in [2.24, 2.45) is 0 Å². The zero-order valence-electron chi connectivity index (χ0n) is 16.0. The molecule has 0 aliphatic heterocycles. The van der Waals surface area contributed by atoms with E-state index in [4.69, 9.17) is 21.1 Å². The first-order valence-corrected chi connectivity index (χ1v) is 10.2. The third-order valence-electron chi connectivity index (χ3n) is 4.30. The van der Waals surface area contributed by atoms with Gasteiger partial charge in [-0.3, -0.25) is 4.79 Å². The van der Waals surface area contributed by atoms with Gasteiger partial charge in [-0.05, 0) is 30.2 Å². The summed E-state index contributed by atoms with van der Waals surface area (Å²) < 4.78 is 9.91. The van der Waals surface area contributed by atoms with E-state index in [0.717, 1.165) is 28.0 Å². The number of methoxy groups -OCH3 is 2. The highest BCUT2D eigenvalue weighted by atomic mass is 35.5. The van der Waals surface area contributed by atoms with Crippen molar-refractivity contribution in [1.82, 2.24) is 9.97 Å². The highest BCUT2D eigenvalue weighted by molar-refractivity contribution is 7.18. The fourth-order valence-electron chi connectivity index (χ4n) is 2.76. The van der Waals surface area contributed by atoms with E-state index in [1.54, 1.807) is 18.4 Å². The topological polar surface area (TPSA) is 73.3 Å². The number of aromatic nitrogens is 2. The van der Waals surface area contributed by atoms with Crippen LogP contribution in [0.5, 0.6) is 5.75 Å². The van der Waals surface area contributed by atoms with Crippen LogP contribution in [0.2, 0.25) is 5.02 Å². The number of anilines is 1. The number of thiophene rings is 1. The van der Waals surface area contributed by atoms with Crippen molar-refractivity contribution in [2.45, 2.75) is 32.7 Å². The van der Waals surface area contributed by atoms with Crippen LogP contribution < -0.4 is 10.1 Å². The Morgan fingerprint density at radius 2 is 2.07 bits per heavy atom. The number of nitrogens with zero attached hydrogens (tertiary/aromatic N) is 2. The molecule has 3 aromatic rings. The van der Waals surface area contributed by atoms with E-state index in [0.29, 0.717) is 29.6 Å². The molecule has 0 amide bonds. The number of nitrogens with one attached hydrogen (secondary N) is 1. The standard InChI is InChI=1S/C20H22ClN3O3S/c1-4-13-10-14-19(22-11-12-5-6-16(26-2)15(21)9-12)23-17(24-20(14)28-13)7-8-18(25)27-3/h5-6,9-10H,4,7-8,11H2,1-3H3,(H,22,23,24). The van der Waals surface area contributed by atoms with Gasteiger partial charge in [-0.2, -0.15) is 0 Å². The predicted octanol–water partition coefficient (Wildman–Crippen LogP) is 4.63. The lowest BCUT2D eigenvalue weighted by Crippen LogP contribution is -2.07. The van der Waals surface area contributed by atoms with E-state index in [1.165, 1.54) is 12.0 Å². The number of ether oxygens (including phenoxy) is 2. The Labute approximate surface area is 172 Å². The van der Waals surface area contributed by atoms with Crippen molar-refractivity contribution in [1.29, 1.82) is 0 Å². The van der Waals surface area contributed by atoms with E-state index >= 15 is 0 Å². The molecule has 8 heteroatoms. The maximum atomic E-state index is 11.5.